The monoisotopic (exact) mass is 250 g/mol. The predicted octanol–water partition coefficient (Wildman–Crippen LogP) is 3.05. The van der Waals surface area contributed by atoms with Gasteiger partial charge in [0.25, 0.3) is 0 Å². The second kappa shape index (κ2) is 5.76. The van der Waals surface area contributed by atoms with Crippen molar-refractivity contribution in [2.24, 2.45) is 0 Å². The Bertz CT molecular complexity index is 428. The highest BCUT2D eigenvalue weighted by Gasteiger charge is 2.19. The molecule has 0 aliphatic rings. The maximum Gasteiger partial charge on any atom is 0.340 e. The van der Waals surface area contributed by atoms with Crippen LogP contribution in [0.1, 0.15) is 44.0 Å². The number of benzene rings is 1. The summed E-state index contributed by atoms with van der Waals surface area (Å²) in [6.45, 7) is 6.36. The SMILES string of the molecule is CCCC(C)(C)Nc1cccc(C(=O)OC)c1N. The minimum Gasteiger partial charge on any atom is -0.465 e. The molecule has 0 fully saturated rings. The van der Waals surface area contributed by atoms with Crippen LogP contribution in [0.5, 0.6) is 0 Å². The van der Waals surface area contributed by atoms with Gasteiger partial charge >= 0.3 is 5.97 Å². The second-order valence-electron chi connectivity index (χ2n) is 5.02. The molecule has 0 bridgehead atoms. The van der Waals surface area contributed by atoms with E-state index in [-0.39, 0.29) is 5.54 Å². The Morgan fingerprint density at radius 1 is 1.44 bits per heavy atom. The van der Waals surface area contributed by atoms with Crippen molar-refractivity contribution in [2.75, 3.05) is 18.2 Å². The quantitative estimate of drug-likeness (QED) is 0.622. The standard InChI is InChI=1S/C14H22N2O2/c1-5-9-14(2,3)16-11-8-6-7-10(12(11)15)13(17)18-4/h6-8,16H,5,9,15H2,1-4H3. The summed E-state index contributed by atoms with van der Waals surface area (Å²) in [4.78, 5) is 11.5. The summed E-state index contributed by atoms with van der Waals surface area (Å²) >= 11 is 0. The maximum absolute atomic E-state index is 11.5. The molecule has 1 aromatic carbocycles. The van der Waals surface area contributed by atoms with Gasteiger partial charge in [0.15, 0.2) is 0 Å². The van der Waals surface area contributed by atoms with E-state index in [1.807, 2.05) is 6.07 Å². The summed E-state index contributed by atoms with van der Waals surface area (Å²) in [5.74, 6) is -0.413. The van der Waals surface area contributed by atoms with E-state index in [0.29, 0.717) is 11.3 Å². The van der Waals surface area contributed by atoms with Crippen molar-refractivity contribution in [3.8, 4) is 0 Å². The zero-order valence-electron chi connectivity index (χ0n) is 11.5. The van der Waals surface area contributed by atoms with Crippen molar-refractivity contribution >= 4 is 17.3 Å². The summed E-state index contributed by atoms with van der Waals surface area (Å²) in [6, 6.07) is 5.34. The van der Waals surface area contributed by atoms with Gasteiger partial charge in [-0.15, -0.1) is 0 Å². The lowest BCUT2D eigenvalue weighted by Crippen LogP contribution is -2.31. The van der Waals surface area contributed by atoms with Gasteiger partial charge in [-0.25, -0.2) is 4.79 Å². The molecular weight excluding hydrogens is 228 g/mol. The topological polar surface area (TPSA) is 64.3 Å². The minimum absolute atomic E-state index is 0.0579. The third-order valence-corrected chi connectivity index (χ3v) is 2.86. The zero-order valence-corrected chi connectivity index (χ0v) is 11.5. The van der Waals surface area contributed by atoms with Crippen molar-refractivity contribution in [3.05, 3.63) is 23.8 Å². The minimum atomic E-state index is -0.413. The first kappa shape index (κ1) is 14.4. The maximum atomic E-state index is 11.5. The van der Waals surface area contributed by atoms with Crippen LogP contribution in [0.25, 0.3) is 0 Å². The van der Waals surface area contributed by atoms with E-state index < -0.39 is 5.97 Å². The fourth-order valence-corrected chi connectivity index (χ4v) is 2.01. The fraction of sp³-hybridized carbons (Fsp3) is 0.500. The average molecular weight is 250 g/mol. The number of rotatable bonds is 5. The van der Waals surface area contributed by atoms with Gasteiger partial charge in [0.2, 0.25) is 0 Å². The molecule has 0 atom stereocenters. The fourth-order valence-electron chi connectivity index (χ4n) is 2.01. The van der Waals surface area contributed by atoms with Crippen molar-refractivity contribution in [1.82, 2.24) is 0 Å². The number of nitrogen functional groups attached to an aromatic ring is 1. The summed E-state index contributed by atoms with van der Waals surface area (Å²) in [5, 5.41) is 3.37. The Labute approximate surface area is 109 Å². The number of carbonyl (C=O) groups excluding carboxylic acids is 1. The summed E-state index contributed by atoms with van der Waals surface area (Å²) in [6.07, 6.45) is 2.10. The summed E-state index contributed by atoms with van der Waals surface area (Å²) < 4.78 is 4.70. The third kappa shape index (κ3) is 3.39. The molecule has 0 amide bonds. The highest BCUT2D eigenvalue weighted by Crippen LogP contribution is 2.27. The largest absolute Gasteiger partial charge is 0.465 e. The molecule has 0 aromatic heterocycles. The second-order valence-corrected chi connectivity index (χ2v) is 5.02. The molecule has 1 rings (SSSR count). The van der Waals surface area contributed by atoms with Crippen LogP contribution in [0.2, 0.25) is 0 Å². The predicted molar refractivity (Wildman–Crippen MR) is 74.8 cm³/mol. The Kier molecular flexibility index (Phi) is 4.59. The lowest BCUT2D eigenvalue weighted by atomic mass is 9.98. The van der Waals surface area contributed by atoms with Crippen LogP contribution in [0, 0.1) is 0 Å². The van der Waals surface area contributed by atoms with E-state index in [1.165, 1.54) is 7.11 Å². The number of carbonyl (C=O) groups is 1. The van der Waals surface area contributed by atoms with Crippen LogP contribution in [-0.2, 0) is 4.74 Å². The first-order chi connectivity index (χ1) is 8.41. The highest BCUT2D eigenvalue weighted by molar-refractivity contribution is 5.98. The van der Waals surface area contributed by atoms with Crippen molar-refractivity contribution < 1.29 is 9.53 Å². The van der Waals surface area contributed by atoms with Gasteiger partial charge < -0.3 is 15.8 Å². The van der Waals surface area contributed by atoms with E-state index >= 15 is 0 Å². The van der Waals surface area contributed by atoms with Crippen LogP contribution in [0.4, 0.5) is 11.4 Å². The molecule has 18 heavy (non-hydrogen) atoms. The van der Waals surface area contributed by atoms with Gasteiger partial charge in [-0.2, -0.15) is 0 Å². The molecule has 0 heterocycles. The van der Waals surface area contributed by atoms with Gasteiger partial charge in [0.05, 0.1) is 24.0 Å². The van der Waals surface area contributed by atoms with E-state index in [1.54, 1.807) is 12.1 Å². The van der Waals surface area contributed by atoms with Crippen LogP contribution >= 0.6 is 0 Å². The molecule has 4 heteroatoms. The van der Waals surface area contributed by atoms with Crippen molar-refractivity contribution in [3.63, 3.8) is 0 Å². The van der Waals surface area contributed by atoms with E-state index in [9.17, 15) is 4.79 Å². The summed E-state index contributed by atoms with van der Waals surface area (Å²) in [7, 11) is 1.35. The number of para-hydroxylation sites is 1. The smallest absolute Gasteiger partial charge is 0.340 e. The summed E-state index contributed by atoms with van der Waals surface area (Å²) in [5.41, 5.74) is 7.55. The Morgan fingerprint density at radius 2 is 2.11 bits per heavy atom. The zero-order chi connectivity index (χ0) is 13.8. The Balaban J connectivity index is 3.01. The third-order valence-electron chi connectivity index (χ3n) is 2.86. The molecule has 4 nitrogen and oxygen atoms in total. The van der Waals surface area contributed by atoms with Crippen molar-refractivity contribution in [2.45, 2.75) is 39.2 Å². The average Bonchev–Trinajstić information content (AvgIpc) is 2.30. The number of hydrogen-bond acceptors (Lipinski definition) is 4. The van der Waals surface area contributed by atoms with E-state index in [4.69, 9.17) is 10.5 Å². The Hall–Kier alpha value is -1.71. The van der Waals surface area contributed by atoms with Gasteiger partial charge in [-0.05, 0) is 32.4 Å². The molecule has 0 radical (unpaired) electrons. The first-order valence-corrected chi connectivity index (χ1v) is 6.16. The number of anilines is 2. The molecule has 3 N–H and O–H groups in total. The lowest BCUT2D eigenvalue weighted by Gasteiger charge is -2.28. The van der Waals surface area contributed by atoms with Crippen molar-refractivity contribution in [1.29, 1.82) is 0 Å². The number of ether oxygens (including phenoxy) is 1. The molecule has 0 aliphatic heterocycles. The molecule has 100 valence electrons. The molecule has 0 aliphatic carbocycles. The van der Waals surface area contributed by atoms with Crippen LogP contribution in [0.3, 0.4) is 0 Å². The van der Waals surface area contributed by atoms with Crippen LogP contribution in [-0.4, -0.2) is 18.6 Å². The molecule has 0 spiro atoms. The number of hydrogen-bond donors (Lipinski definition) is 2. The van der Waals surface area contributed by atoms with E-state index in [0.717, 1.165) is 18.5 Å². The van der Waals surface area contributed by atoms with E-state index in [2.05, 4.69) is 26.1 Å². The molecular formula is C14H22N2O2. The normalized spacial score (nSPS) is 11.1. The molecule has 1 aromatic rings. The number of nitrogens with two attached hydrogens (primary N) is 1. The van der Waals surface area contributed by atoms with Gasteiger partial charge in [0.1, 0.15) is 0 Å². The Morgan fingerprint density at radius 3 is 2.67 bits per heavy atom. The lowest BCUT2D eigenvalue weighted by molar-refractivity contribution is 0.0602. The van der Waals surface area contributed by atoms with Crippen LogP contribution in [0.15, 0.2) is 18.2 Å². The van der Waals surface area contributed by atoms with Gasteiger partial charge in [0, 0.05) is 5.54 Å². The van der Waals surface area contributed by atoms with Gasteiger partial charge in [-0.3, -0.25) is 0 Å². The van der Waals surface area contributed by atoms with Gasteiger partial charge in [-0.1, -0.05) is 19.4 Å². The molecule has 0 saturated heterocycles. The molecule has 0 unspecified atom stereocenters. The number of nitrogens with one attached hydrogen (secondary N) is 1. The molecule has 0 saturated carbocycles. The highest BCUT2D eigenvalue weighted by atomic mass is 16.5. The first-order valence-electron chi connectivity index (χ1n) is 6.16. The number of methoxy groups -OCH3 is 1. The van der Waals surface area contributed by atoms with Crippen LogP contribution < -0.4 is 11.1 Å². The number of esters is 1.